The maximum Gasteiger partial charge on any atom is 0.224 e. The molecule has 1 saturated heterocycles. The van der Waals surface area contributed by atoms with Crippen molar-refractivity contribution in [3.05, 3.63) is 23.8 Å². The highest BCUT2D eigenvalue weighted by Gasteiger charge is 2.24. The maximum absolute atomic E-state index is 12.0. The van der Waals surface area contributed by atoms with Gasteiger partial charge in [-0.2, -0.15) is 0 Å². The fourth-order valence-electron chi connectivity index (χ4n) is 2.69. The van der Waals surface area contributed by atoms with Gasteiger partial charge in [0.1, 0.15) is 18.1 Å². The lowest BCUT2D eigenvalue weighted by atomic mass is 10.1. The van der Waals surface area contributed by atoms with Crippen molar-refractivity contribution in [1.29, 1.82) is 0 Å². The second kappa shape index (κ2) is 6.32. The van der Waals surface area contributed by atoms with E-state index in [1.54, 1.807) is 12.1 Å². The first-order valence-electron chi connectivity index (χ1n) is 7.28. The minimum Gasteiger partial charge on any atom is -0.508 e. The SMILES string of the molecule is O=C(CCNC1COc2cc(O)ccc21)N1CCOCC1. The number of carbonyl (C=O) groups excluding carboxylic acids is 1. The largest absolute Gasteiger partial charge is 0.508 e. The number of amides is 1. The fraction of sp³-hybridized carbons (Fsp3) is 0.533. The predicted octanol–water partition coefficient (Wildman–Crippen LogP) is 0.664. The Morgan fingerprint density at radius 3 is 3.00 bits per heavy atom. The first kappa shape index (κ1) is 14.2. The maximum atomic E-state index is 12.0. The monoisotopic (exact) mass is 292 g/mol. The molecule has 0 saturated carbocycles. The van der Waals surface area contributed by atoms with E-state index < -0.39 is 0 Å². The number of nitrogens with one attached hydrogen (secondary N) is 1. The number of aromatic hydroxyl groups is 1. The summed E-state index contributed by atoms with van der Waals surface area (Å²) in [6.07, 6.45) is 0.476. The predicted molar refractivity (Wildman–Crippen MR) is 76.4 cm³/mol. The van der Waals surface area contributed by atoms with E-state index in [0.29, 0.717) is 51.6 Å². The molecule has 0 radical (unpaired) electrons. The van der Waals surface area contributed by atoms with Gasteiger partial charge in [0, 0.05) is 37.7 Å². The normalized spacial score (nSPS) is 21.0. The van der Waals surface area contributed by atoms with E-state index in [4.69, 9.17) is 9.47 Å². The molecule has 2 aliphatic heterocycles. The molecule has 1 atom stereocenters. The molecule has 0 bridgehead atoms. The van der Waals surface area contributed by atoms with Crippen LogP contribution in [0.25, 0.3) is 0 Å². The number of phenolic OH excluding ortho intramolecular Hbond substituents is 1. The van der Waals surface area contributed by atoms with Crippen molar-refractivity contribution in [3.63, 3.8) is 0 Å². The van der Waals surface area contributed by atoms with Crippen LogP contribution in [0.3, 0.4) is 0 Å². The molecule has 3 rings (SSSR count). The van der Waals surface area contributed by atoms with Crippen molar-refractivity contribution in [2.75, 3.05) is 39.5 Å². The van der Waals surface area contributed by atoms with Gasteiger partial charge in [0.05, 0.1) is 19.3 Å². The molecule has 2 N–H and O–H groups in total. The van der Waals surface area contributed by atoms with Crippen LogP contribution in [0.15, 0.2) is 18.2 Å². The Labute approximate surface area is 123 Å². The second-order valence-corrected chi connectivity index (χ2v) is 5.28. The van der Waals surface area contributed by atoms with Crippen LogP contribution in [0.2, 0.25) is 0 Å². The number of hydrogen-bond donors (Lipinski definition) is 2. The molecule has 2 heterocycles. The Kier molecular flexibility index (Phi) is 4.26. The van der Waals surface area contributed by atoms with E-state index in [1.165, 1.54) is 0 Å². The highest BCUT2D eigenvalue weighted by atomic mass is 16.5. The summed E-state index contributed by atoms with van der Waals surface area (Å²) in [5.74, 6) is 1.08. The van der Waals surface area contributed by atoms with Gasteiger partial charge in [-0.25, -0.2) is 0 Å². The number of hydrogen-bond acceptors (Lipinski definition) is 5. The molecule has 1 aromatic carbocycles. The van der Waals surface area contributed by atoms with Crippen LogP contribution in [0, 0.1) is 0 Å². The van der Waals surface area contributed by atoms with Gasteiger partial charge in [-0.3, -0.25) is 4.79 Å². The van der Waals surface area contributed by atoms with Crippen molar-refractivity contribution in [1.82, 2.24) is 10.2 Å². The summed E-state index contributed by atoms with van der Waals surface area (Å²) < 4.78 is 10.8. The fourth-order valence-corrected chi connectivity index (χ4v) is 2.69. The second-order valence-electron chi connectivity index (χ2n) is 5.28. The average molecular weight is 292 g/mol. The minimum atomic E-state index is 0.0816. The summed E-state index contributed by atoms with van der Waals surface area (Å²) in [4.78, 5) is 13.9. The molecule has 1 unspecified atom stereocenters. The number of fused-ring (bicyclic) bond motifs is 1. The Bertz CT molecular complexity index is 514. The summed E-state index contributed by atoms with van der Waals surface area (Å²) in [7, 11) is 0. The number of rotatable bonds is 4. The van der Waals surface area contributed by atoms with Crippen LogP contribution >= 0.6 is 0 Å². The smallest absolute Gasteiger partial charge is 0.224 e. The van der Waals surface area contributed by atoms with E-state index in [1.807, 2.05) is 11.0 Å². The average Bonchev–Trinajstić information content (AvgIpc) is 2.90. The number of carbonyl (C=O) groups is 1. The molecule has 2 aliphatic rings. The summed E-state index contributed by atoms with van der Waals surface area (Å²) in [6.45, 7) is 3.79. The molecule has 0 aliphatic carbocycles. The first-order valence-corrected chi connectivity index (χ1v) is 7.28. The Balaban J connectivity index is 1.47. The lowest BCUT2D eigenvalue weighted by Gasteiger charge is -2.27. The number of ether oxygens (including phenoxy) is 2. The van der Waals surface area contributed by atoms with Crippen molar-refractivity contribution in [3.8, 4) is 11.5 Å². The van der Waals surface area contributed by atoms with E-state index in [-0.39, 0.29) is 17.7 Å². The third kappa shape index (κ3) is 3.28. The van der Waals surface area contributed by atoms with Crippen LogP contribution in [0.1, 0.15) is 18.0 Å². The van der Waals surface area contributed by atoms with Gasteiger partial charge in [-0.1, -0.05) is 0 Å². The van der Waals surface area contributed by atoms with Gasteiger partial charge in [-0.15, -0.1) is 0 Å². The Morgan fingerprint density at radius 2 is 2.19 bits per heavy atom. The van der Waals surface area contributed by atoms with Crippen LogP contribution in [-0.2, 0) is 9.53 Å². The first-order chi connectivity index (χ1) is 10.2. The van der Waals surface area contributed by atoms with Crippen LogP contribution < -0.4 is 10.1 Å². The number of benzene rings is 1. The molecule has 1 aromatic rings. The van der Waals surface area contributed by atoms with E-state index in [0.717, 1.165) is 5.56 Å². The lowest BCUT2D eigenvalue weighted by molar-refractivity contribution is -0.135. The molecular weight excluding hydrogens is 272 g/mol. The Hall–Kier alpha value is -1.79. The molecule has 21 heavy (non-hydrogen) atoms. The zero-order valence-corrected chi connectivity index (χ0v) is 11.9. The van der Waals surface area contributed by atoms with Gasteiger partial charge in [0.2, 0.25) is 5.91 Å². The number of nitrogens with zero attached hydrogens (tertiary/aromatic N) is 1. The van der Waals surface area contributed by atoms with Gasteiger partial charge in [0.25, 0.3) is 0 Å². The topological polar surface area (TPSA) is 71.0 Å². The van der Waals surface area contributed by atoms with Gasteiger partial charge < -0.3 is 24.8 Å². The van der Waals surface area contributed by atoms with Crippen molar-refractivity contribution >= 4 is 5.91 Å². The quantitative estimate of drug-likeness (QED) is 0.853. The van der Waals surface area contributed by atoms with Crippen LogP contribution in [0.5, 0.6) is 11.5 Å². The molecule has 1 fully saturated rings. The minimum absolute atomic E-state index is 0.0816. The zero-order valence-electron chi connectivity index (χ0n) is 11.9. The van der Waals surface area contributed by atoms with Crippen molar-refractivity contribution in [2.45, 2.75) is 12.5 Å². The molecule has 6 nitrogen and oxygen atoms in total. The third-order valence-electron chi connectivity index (χ3n) is 3.87. The standard InChI is InChI=1S/C15H20N2O4/c18-11-1-2-12-13(10-21-14(12)9-11)16-4-3-15(19)17-5-7-20-8-6-17/h1-2,9,13,16,18H,3-8,10H2. The number of phenols is 1. The molecule has 114 valence electrons. The van der Waals surface area contributed by atoms with E-state index in [9.17, 15) is 9.90 Å². The summed E-state index contributed by atoms with van der Waals surface area (Å²) >= 11 is 0. The van der Waals surface area contributed by atoms with Gasteiger partial charge in [-0.05, 0) is 12.1 Å². The molecule has 0 aromatic heterocycles. The molecular formula is C15H20N2O4. The molecule has 0 spiro atoms. The lowest BCUT2D eigenvalue weighted by Crippen LogP contribution is -2.41. The van der Waals surface area contributed by atoms with Crippen molar-refractivity contribution in [2.24, 2.45) is 0 Å². The van der Waals surface area contributed by atoms with E-state index >= 15 is 0 Å². The van der Waals surface area contributed by atoms with Gasteiger partial charge >= 0.3 is 0 Å². The third-order valence-corrected chi connectivity index (χ3v) is 3.87. The summed E-state index contributed by atoms with van der Waals surface area (Å²) in [6, 6.07) is 5.22. The summed E-state index contributed by atoms with van der Waals surface area (Å²) in [5, 5.41) is 12.8. The van der Waals surface area contributed by atoms with Crippen molar-refractivity contribution < 1.29 is 19.4 Å². The Morgan fingerprint density at radius 1 is 1.38 bits per heavy atom. The zero-order chi connectivity index (χ0) is 14.7. The number of morpholine rings is 1. The highest BCUT2D eigenvalue weighted by molar-refractivity contribution is 5.76. The van der Waals surface area contributed by atoms with Crippen LogP contribution in [-0.4, -0.2) is 55.4 Å². The molecule has 1 amide bonds. The molecule has 6 heteroatoms. The van der Waals surface area contributed by atoms with Gasteiger partial charge in [0.15, 0.2) is 0 Å². The van der Waals surface area contributed by atoms with Crippen LogP contribution in [0.4, 0.5) is 0 Å². The highest BCUT2D eigenvalue weighted by Crippen LogP contribution is 2.34. The van der Waals surface area contributed by atoms with E-state index in [2.05, 4.69) is 5.32 Å². The summed E-state index contributed by atoms with van der Waals surface area (Å²) in [5.41, 5.74) is 1.03.